The molecule has 4 nitrogen and oxygen atoms in total. The highest BCUT2D eigenvalue weighted by Gasteiger charge is 2.14. The van der Waals surface area contributed by atoms with E-state index < -0.39 is 9.84 Å². The monoisotopic (exact) mass is 234 g/mol. The van der Waals surface area contributed by atoms with Gasteiger partial charge in [0.05, 0.1) is 5.75 Å². The van der Waals surface area contributed by atoms with Crippen LogP contribution in [0.2, 0.25) is 0 Å². The number of hydrogen-bond acceptors (Lipinski definition) is 4. The van der Waals surface area contributed by atoms with E-state index in [0.717, 1.165) is 25.6 Å². The molecule has 0 aliphatic carbocycles. The predicted octanol–water partition coefficient (Wildman–Crippen LogP) is -0.0376. The van der Waals surface area contributed by atoms with E-state index in [1.165, 1.54) is 19.1 Å². The van der Waals surface area contributed by atoms with Crippen molar-refractivity contribution in [2.75, 3.05) is 45.2 Å². The molecule has 0 bridgehead atoms. The highest BCUT2D eigenvalue weighted by molar-refractivity contribution is 7.90. The van der Waals surface area contributed by atoms with Crippen LogP contribution in [-0.4, -0.2) is 58.6 Å². The van der Waals surface area contributed by atoms with E-state index in [2.05, 4.69) is 10.2 Å². The first-order valence-electron chi connectivity index (χ1n) is 5.54. The fraction of sp³-hybridized carbons (Fsp3) is 1.00. The van der Waals surface area contributed by atoms with Crippen LogP contribution in [0.25, 0.3) is 0 Å². The summed E-state index contributed by atoms with van der Waals surface area (Å²) in [6, 6.07) is 0. The number of rotatable bonds is 6. The zero-order chi connectivity index (χ0) is 11.3. The molecular formula is C10H22N2O2S. The number of sulfone groups is 1. The van der Waals surface area contributed by atoms with Crippen molar-refractivity contribution in [3.05, 3.63) is 0 Å². The van der Waals surface area contributed by atoms with Crippen molar-refractivity contribution in [1.82, 2.24) is 10.2 Å². The van der Waals surface area contributed by atoms with E-state index in [-0.39, 0.29) is 5.75 Å². The number of nitrogens with zero attached hydrogens (tertiary/aromatic N) is 1. The third kappa shape index (κ3) is 6.12. The quantitative estimate of drug-likeness (QED) is 0.701. The molecule has 1 aliphatic heterocycles. The Labute approximate surface area is 93.0 Å². The van der Waals surface area contributed by atoms with E-state index in [0.29, 0.717) is 6.54 Å². The molecule has 0 spiro atoms. The molecule has 0 aromatic heterocycles. The van der Waals surface area contributed by atoms with Crippen LogP contribution in [-0.2, 0) is 9.84 Å². The van der Waals surface area contributed by atoms with Gasteiger partial charge in [0.15, 0.2) is 0 Å². The average Bonchev–Trinajstić information content (AvgIpc) is 2.62. The summed E-state index contributed by atoms with van der Waals surface area (Å²) in [4.78, 5) is 2.11. The van der Waals surface area contributed by atoms with Crippen LogP contribution in [0.3, 0.4) is 0 Å². The lowest BCUT2D eigenvalue weighted by molar-refractivity contribution is 0.320. The molecule has 1 heterocycles. The maximum absolute atomic E-state index is 11.0. The Bertz CT molecular complexity index is 271. The molecule has 0 aromatic rings. The molecule has 0 radical (unpaired) electrons. The lowest BCUT2D eigenvalue weighted by Crippen LogP contribution is -2.27. The van der Waals surface area contributed by atoms with Crippen LogP contribution in [0, 0.1) is 5.92 Å². The molecule has 1 fully saturated rings. The van der Waals surface area contributed by atoms with Gasteiger partial charge in [-0.3, -0.25) is 0 Å². The topological polar surface area (TPSA) is 49.4 Å². The van der Waals surface area contributed by atoms with Gasteiger partial charge in [0, 0.05) is 12.8 Å². The van der Waals surface area contributed by atoms with Gasteiger partial charge >= 0.3 is 0 Å². The van der Waals surface area contributed by atoms with Crippen LogP contribution < -0.4 is 5.32 Å². The molecular weight excluding hydrogens is 212 g/mol. The van der Waals surface area contributed by atoms with Crippen LogP contribution in [0.5, 0.6) is 0 Å². The standard InChI is InChI=1S/C10H22N2O2S/c1-12(7-8-15(2,13)14)6-4-10-3-5-11-9-10/h10-11H,3-9H2,1-2H3. The summed E-state index contributed by atoms with van der Waals surface area (Å²) in [6.45, 7) is 3.92. The minimum Gasteiger partial charge on any atom is -0.316 e. The van der Waals surface area contributed by atoms with Gasteiger partial charge in [-0.1, -0.05) is 0 Å². The first-order valence-corrected chi connectivity index (χ1v) is 7.60. The van der Waals surface area contributed by atoms with Gasteiger partial charge in [0.25, 0.3) is 0 Å². The Hall–Kier alpha value is -0.130. The van der Waals surface area contributed by atoms with Crippen molar-refractivity contribution in [1.29, 1.82) is 0 Å². The SMILES string of the molecule is CN(CCC1CCNC1)CCS(C)(=O)=O. The maximum atomic E-state index is 11.0. The molecule has 1 N–H and O–H groups in total. The summed E-state index contributed by atoms with van der Waals surface area (Å²) in [6.07, 6.45) is 3.73. The summed E-state index contributed by atoms with van der Waals surface area (Å²) in [5.41, 5.74) is 0. The van der Waals surface area contributed by atoms with E-state index in [1.54, 1.807) is 0 Å². The van der Waals surface area contributed by atoms with Crippen molar-refractivity contribution in [3.8, 4) is 0 Å². The summed E-state index contributed by atoms with van der Waals surface area (Å²) in [7, 11) is -0.817. The van der Waals surface area contributed by atoms with Crippen LogP contribution in [0.15, 0.2) is 0 Å². The molecule has 0 amide bonds. The second-order valence-electron chi connectivity index (χ2n) is 4.58. The first kappa shape index (κ1) is 12.9. The molecule has 0 saturated carbocycles. The fourth-order valence-electron chi connectivity index (χ4n) is 1.80. The van der Waals surface area contributed by atoms with Crippen molar-refractivity contribution in [2.24, 2.45) is 5.92 Å². The van der Waals surface area contributed by atoms with Gasteiger partial charge in [-0.15, -0.1) is 0 Å². The van der Waals surface area contributed by atoms with Crippen molar-refractivity contribution >= 4 is 9.84 Å². The Morgan fingerprint density at radius 1 is 1.40 bits per heavy atom. The summed E-state index contributed by atoms with van der Waals surface area (Å²) in [5, 5.41) is 3.34. The van der Waals surface area contributed by atoms with Gasteiger partial charge in [0.2, 0.25) is 0 Å². The van der Waals surface area contributed by atoms with Crippen LogP contribution in [0.1, 0.15) is 12.8 Å². The predicted molar refractivity (Wildman–Crippen MR) is 62.8 cm³/mol. The minimum absolute atomic E-state index is 0.270. The summed E-state index contributed by atoms with van der Waals surface area (Å²) < 4.78 is 21.9. The van der Waals surface area contributed by atoms with E-state index >= 15 is 0 Å². The molecule has 1 aliphatic rings. The Kier molecular flexibility index (Phi) is 5.02. The van der Waals surface area contributed by atoms with Gasteiger partial charge in [-0.05, 0) is 45.4 Å². The van der Waals surface area contributed by atoms with E-state index in [4.69, 9.17) is 0 Å². The second-order valence-corrected chi connectivity index (χ2v) is 6.84. The third-order valence-electron chi connectivity index (χ3n) is 2.93. The Balaban J connectivity index is 2.10. The lowest BCUT2D eigenvalue weighted by atomic mass is 10.1. The number of hydrogen-bond donors (Lipinski definition) is 1. The third-order valence-corrected chi connectivity index (χ3v) is 3.85. The molecule has 1 unspecified atom stereocenters. The molecule has 0 aromatic carbocycles. The van der Waals surface area contributed by atoms with Gasteiger partial charge < -0.3 is 10.2 Å². The van der Waals surface area contributed by atoms with Crippen molar-refractivity contribution < 1.29 is 8.42 Å². The second kappa shape index (κ2) is 5.82. The van der Waals surface area contributed by atoms with Crippen LogP contribution in [0.4, 0.5) is 0 Å². The van der Waals surface area contributed by atoms with Crippen molar-refractivity contribution in [3.63, 3.8) is 0 Å². The fourth-order valence-corrected chi connectivity index (χ4v) is 2.44. The Morgan fingerprint density at radius 2 is 2.13 bits per heavy atom. The zero-order valence-electron chi connectivity index (χ0n) is 9.70. The van der Waals surface area contributed by atoms with Gasteiger partial charge in [-0.25, -0.2) is 8.42 Å². The molecule has 1 rings (SSSR count). The van der Waals surface area contributed by atoms with E-state index in [1.807, 2.05) is 7.05 Å². The molecule has 1 saturated heterocycles. The van der Waals surface area contributed by atoms with E-state index in [9.17, 15) is 8.42 Å². The largest absolute Gasteiger partial charge is 0.316 e. The van der Waals surface area contributed by atoms with Crippen molar-refractivity contribution in [2.45, 2.75) is 12.8 Å². The summed E-state index contributed by atoms with van der Waals surface area (Å²) >= 11 is 0. The van der Waals surface area contributed by atoms with Gasteiger partial charge in [0.1, 0.15) is 9.84 Å². The number of nitrogens with one attached hydrogen (secondary N) is 1. The summed E-state index contributed by atoms with van der Waals surface area (Å²) in [5.74, 6) is 1.05. The van der Waals surface area contributed by atoms with Gasteiger partial charge in [-0.2, -0.15) is 0 Å². The highest BCUT2D eigenvalue weighted by atomic mass is 32.2. The minimum atomic E-state index is -2.81. The first-order chi connectivity index (χ1) is 6.97. The lowest BCUT2D eigenvalue weighted by Gasteiger charge is -2.17. The zero-order valence-corrected chi connectivity index (χ0v) is 10.5. The average molecular weight is 234 g/mol. The van der Waals surface area contributed by atoms with Crippen LogP contribution >= 0.6 is 0 Å². The molecule has 15 heavy (non-hydrogen) atoms. The normalized spacial score (nSPS) is 22.5. The Morgan fingerprint density at radius 3 is 2.67 bits per heavy atom. The molecule has 1 atom stereocenters. The maximum Gasteiger partial charge on any atom is 0.148 e. The molecule has 5 heteroatoms. The smallest absolute Gasteiger partial charge is 0.148 e. The molecule has 90 valence electrons. The highest BCUT2D eigenvalue weighted by Crippen LogP contribution is 2.12.